The molecule has 250 valence electrons. The van der Waals surface area contributed by atoms with Crippen molar-refractivity contribution in [1.29, 1.82) is 0 Å². The summed E-state index contributed by atoms with van der Waals surface area (Å²) in [5, 5.41) is 5.11. The van der Waals surface area contributed by atoms with Gasteiger partial charge in [0.2, 0.25) is 0 Å². The van der Waals surface area contributed by atoms with Gasteiger partial charge in [-0.15, -0.1) is 0 Å². The second-order valence-corrected chi connectivity index (χ2v) is 14.6. The largest absolute Gasteiger partial charge is 0.292 e. The second kappa shape index (κ2) is 11.0. The molecule has 0 fully saturated rings. The molecule has 9 aromatic carbocycles. The number of para-hydroxylation sites is 3. The van der Waals surface area contributed by atoms with Crippen molar-refractivity contribution in [2.24, 2.45) is 0 Å². The van der Waals surface area contributed by atoms with Gasteiger partial charge in [-0.2, -0.15) is 0 Å². The van der Waals surface area contributed by atoms with Crippen LogP contribution in [0, 0.1) is 0 Å². The Bertz CT molecular complexity index is 3120. The van der Waals surface area contributed by atoms with E-state index in [1.807, 2.05) is 0 Å². The van der Waals surface area contributed by atoms with Crippen LogP contribution in [0.2, 0.25) is 0 Å². The molecule has 54 heavy (non-hydrogen) atoms. The molecule has 0 saturated heterocycles. The Morgan fingerprint density at radius 1 is 0.407 bits per heavy atom. The summed E-state index contributed by atoms with van der Waals surface area (Å²) in [5.41, 5.74) is 16.9. The molecule has 0 atom stereocenters. The van der Waals surface area contributed by atoms with E-state index in [-0.39, 0.29) is 0 Å². The molecule has 1 heterocycles. The smallest absolute Gasteiger partial charge is 0.145 e. The van der Waals surface area contributed by atoms with Crippen LogP contribution in [0.15, 0.2) is 194 Å². The zero-order valence-electron chi connectivity index (χ0n) is 29.4. The molecule has 10 aromatic rings. The van der Waals surface area contributed by atoms with E-state index in [2.05, 4.69) is 199 Å². The first-order valence-corrected chi connectivity index (χ1v) is 18.7. The van der Waals surface area contributed by atoms with Crippen molar-refractivity contribution >= 4 is 32.6 Å². The van der Waals surface area contributed by atoms with Gasteiger partial charge >= 0.3 is 0 Å². The minimum atomic E-state index is -0.476. The fourth-order valence-electron chi connectivity index (χ4n) is 9.90. The van der Waals surface area contributed by atoms with Crippen LogP contribution in [0.25, 0.3) is 83.0 Å². The summed E-state index contributed by atoms with van der Waals surface area (Å²) in [6.45, 7) is 0. The molecule has 0 radical (unpaired) electrons. The number of imidazole rings is 1. The summed E-state index contributed by atoms with van der Waals surface area (Å²) in [6.07, 6.45) is 0. The van der Waals surface area contributed by atoms with Gasteiger partial charge in [0, 0.05) is 11.3 Å². The molecule has 2 aliphatic carbocycles. The molecule has 2 heteroatoms. The predicted molar refractivity (Wildman–Crippen MR) is 223 cm³/mol. The lowest BCUT2D eigenvalue weighted by molar-refractivity contribution is 0.802. The van der Waals surface area contributed by atoms with E-state index < -0.39 is 5.41 Å². The van der Waals surface area contributed by atoms with E-state index in [1.165, 1.54) is 77.2 Å². The Kier molecular flexibility index (Phi) is 6.01. The van der Waals surface area contributed by atoms with Crippen LogP contribution in [-0.2, 0) is 5.41 Å². The number of hydrogen-bond acceptors (Lipinski definition) is 1. The van der Waals surface area contributed by atoms with Gasteiger partial charge in [-0.3, -0.25) is 4.57 Å². The molecule has 0 unspecified atom stereocenters. The monoisotopic (exact) mass is 684 g/mol. The van der Waals surface area contributed by atoms with E-state index in [4.69, 9.17) is 4.98 Å². The maximum absolute atomic E-state index is 5.24. The lowest BCUT2D eigenvalue weighted by atomic mass is 9.69. The topological polar surface area (TPSA) is 17.8 Å². The van der Waals surface area contributed by atoms with Crippen LogP contribution in [0.1, 0.15) is 22.3 Å². The number of hydrogen-bond donors (Lipinski definition) is 0. The third-order valence-corrected chi connectivity index (χ3v) is 12.0. The van der Waals surface area contributed by atoms with Crippen molar-refractivity contribution in [1.82, 2.24) is 9.55 Å². The SMILES string of the molecule is c1ccc(-n2c(-c3cccc(-c4cc5c(c6ccccc46)-c4ccc6ccccc6c4C54c5ccccc5-c5ccccc54)c3)nc3ccccc32)cc1. The third kappa shape index (κ3) is 3.81. The van der Waals surface area contributed by atoms with E-state index in [1.54, 1.807) is 0 Å². The van der Waals surface area contributed by atoms with Crippen molar-refractivity contribution < 1.29 is 0 Å². The third-order valence-electron chi connectivity index (χ3n) is 12.0. The zero-order valence-corrected chi connectivity index (χ0v) is 29.4. The molecule has 0 aliphatic heterocycles. The number of fused-ring (bicyclic) bond motifs is 15. The minimum absolute atomic E-state index is 0.476. The molecule has 2 nitrogen and oxygen atoms in total. The highest BCUT2D eigenvalue weighted by molar-refractivity contribution is 6.14. The molecule has 0 N–H and O–H groups in total. The molecule has 1 aromatic heterocycles. The predicted octanol–water partition coefficient (Wildman–Crippen LogP) is 13.0. The van der Waals surface area contributed by atoms with E-state index in [0.717, 1.165) is 28.1 Å². The Labute approximate surface area is 313 Å². The van der Waals surface area contributed by atoms with E-state index in [9.17, 15) is 0 Å². The van der Waals surface area contributed by atoms with Gasteiger partial charge in [-0.05, 0) is 114 Å². The lowest BCUT2D eigenvalue weighted by Gasteiger charge is -2.32. The van der Waals surface area contributed by atoms with Gasteiger partial charge in [0.15, 0.2) is 0 Å². The van der Waals surface area contributed by atoms with Crippen LogP contribution in [0.3, 0.4) is 0 Å². The summed E-state index contributed by atoms with van der Waals surface area (Å²) in [7, 11) is 0. The van der Waals surface area contributed by atoms with Crippen molar-refractivity contribution in [3.8, 4) is 50.5 Å². The first kappa shape index (κ1) is 29.5. The average molecular weight is 685 g/mol. The summed E-state index contributed by atoms with van der Waals surface area (Å²) >= 11 is 0. The summed E-state index contributed by atoms with van der Waals surface area (Å²) in [4.78, 5) is 5.24. The highest BCUT2D eigenvalue weighted by Crippen LogP contribution is 2.65. The van der Waals surface area contributed by atoms with E-state index in [0.29, 0.717) is 0 Å². The van der Waals surface area contributed by atoms with Crippen molar-refractivity contribution in [3.63, 3.8) is 0 Å². The maximum Gasteiger partial charge on any atom is 0.145 e. The number of nitrogens with zero attached hydrogens (tertiary/aromatic N) is 2. The van der Waals surface area contributed by atoms with Gasteiger partial charge in [-0.25, -0.2) is 4.98 Å². The molecule has 1 spiro atoms. The van der Waals surface area contributed by atoms with Gasteiger partial charge < -0.3 is 0 Å². The average Bonchev–Trinajstić information content (AvgIpc) is 3.88. The molecule has 0 bridgehead atoms. The van der Waals surface area contributed by atoms with Crippen molar-refractivity contribution in [2.45, 2.75) is 5.41 Å². The van der Waals surface area contributed by atoms with E-state index >= 15 is 0 Å². The van der Waals surface area contributed by atoms with Gasteiger partial charge in [0.25, 0.3) is 0 Å². The second-order valence-electron chi connectivity index (χ2n) is 14.6. The summed E-state index contributed by atoms with van der Waals surface area (Å²) in [5.74, 6) is 0.934. The van der Waals surface area contributed by atoms with Crippen LogP contribution in [-0.4, -0.2) is 9.55 Å². The normalized spacial score (nSPS) is 13.3. The molecular formula is C52H32N2. The van der Waals surface area contributed by atoms with Crippen molar-refractivity contribution in [2.75, 3.05) is 0 Å². The maximum atomic E-state index is 5.24. The van der Waals surface area contributed by atoms with Gasteiger partial charge in [0.1, 0.15) is 5.82 Å². The van der Waals surface area contributed by atoms with Gasteiger partial charge in [-0.1, -0.05) is 158 Å². The fraction of sp³-hybridized carbons (Fsp3) is 0.0192. The van der Waals surface area contributed by atoms with Crippen molar-refractivity contribution in [3.05, 3.63) is 216 Å². The van der Waals surface area contributed by atoms with Crippen LogP contribution < -0.4 is 0 Å². The number of benzene rings is 9. The fourth-order valence-corrected chi connectivity index (χ4v) is 9.90. The highest BCUT2D eigenvalue weighted by Gasteiger charge is 2.53. The highest BCUT2D eigenvalue weighted by atomic mass is 15.1. The molecular weight excluding hydrogens is 653 g/mol. The van der Waals surface area contributed by atoms with Crippen LogP contribution >= 0.6 is 0 Å². The number of rotatable bonds is 3. The first-order chi connectivity index (χ1) is 26.8. The summed E-state index contributed by atoms with van der Waals surface area (Å²) in [6, 6.07) is 71.4. The Morgan fingerprint density at radius 3 is 1.87 bits per heavy atom. The Balaban J connectivity index is 1.18. The molecule has 0 saturated carbocycles. The quantitative estimate of drug-likeness (QED) is 0.181. The van der Waals surface area contributed by atoms with Gasteiger partial charge in [0.05, 0.1) is 16.4 Å². The summed E-state index contributed by atoms with van der Waals surface area (Å²) < 4.78 is 2.29. The first-order valence-electron chi connectivity index (χ1n) is 18.7. The molecule has 2 aliphatic rings. The zero-order chi connectivity index (χ0) is 35.4. The van der Waals surface area contributed by atoms with Crippen LogP contribution in [0.4, 0.5) is 0 Å². The standard InChI is InChI=1S/C52H32N2/c1-2-18-36(19-3-1)54-48-28-13-12-27-47(48)53-51(54)35-17-14-16-34(31-35)43-32-46-49(41-24-7-6-21-38(41)43)42-30-29-33-15-4-5-20-37(33)50(42)52(46)44-25-10-8-22-39(44)40-23-9-11-26-45(40)52/h1-32H. The number of aromatic nitrogens is 2. The lowest BCUT2D eigenvalue weighted by Crippen LogP contribution is -2.26. The van der Waals surface area contributed by atoms with Crippen LogP contribution in [0.5, 0.6) is 0 Å². The Morgan fingerprint density at radius 2 is 1.06 bits per heavy atom. The Hall–Kier alpha value is -7.03. The minimum Gasteiger partial charge on any atom is -0.292 e. The molecule has 12 rings (SSSR count). The molecule has 0 amide bonds.